The van der Waals surface area contributed by atoms with Crippen LogP contribution in [0.3, 0.4) is 0 Å². The highest BCUT2D eigenvalue weighted by Gasteiger charge is 2.25. The molecule has 130 valence electrons. The number of nitrogens with zero attached hydrogens (tertiary/aromatic N) is 1. The topological polar surface area (TPSA) is 58.6 Å². The van der Waals surface area contributed by atoms with E-state index in [0.717, 1.165) is 6.42 Å². The van der Waals surface area contributed by atoms with Crippen LogP contribution in [0.15, 0.2) is 54.6 Å². The molecule has 0 unspecified atom stereocenters. The van der Waals surface area contributed by atoms with Gasteiger partial charge in [-0.25, -0.2) is 0 Å². The van der Waals surface area contributed by atoms with Crippen molar-refractivity contribution in [2.75, 3.05) is 13.2 Å². The minimum absolute atomic E-state index is 0.0671. The van der Waals surface area contributed by atoms with E-state index < -0.39 is 6.04 Å². The molecular weight excluding hydrogens is 316 g/mol. The third-order valence-electron chi connectivity index (χ3n) is 4.30. The Hall–Kier alpha value is -2.82. The van der Waals surface area contributed by atoms with Gasteiger partial charge in [0.2, 0.25) is 5.91 Å². The highest BCUT2D eigenvalue weighted by atomic mass is 16.5. The maximum absolute atomic E-state index is 12.6. The summed E-state index contributed by atoms with van der Waals surface area (Å²) in [5.41, 5.74) is 2.47. The van der Waals surface area contributed by atoms with Gasteiger partial charge in [-0.15, -0.1) is 0 Å². The molecule has 1 aliphatic rings. The molecule has 2 amide bonds. The number of carbonyl (C=O) groups excluding carboxylic acids is 2. The van der Waals surface area contributed by atoms with Crippen LogP contribution in [0.4, 0.5) is 0 Å². The maximum Gasteiger partial charge on any atom is 0.258 e. The van der Waals surface area contributed by atoms with E-state index in [1.54, 1.807) is 24.0 Å². The Morgan fingerprint density at radius 2 is 1.76 bits per heavy atom. The fraction of sp³-hybridized carbons (Fsp3) is 0.300. The van der Waals surface area contributed by atoms with E-state index in [2.05, 4.69) is 11.4 Å². The second-order valence-electron chi connectivity index (χ2n) is 6.17. The monoisotopic (exact) mass is 338 g/mol. The van der Waals surface area contributed by atoms with E-state index in [4.69, 9.17) is 4.74 Å². The van der Waals surface area contributed by atoms with Gasteiger partial charge in [0.25, 0.3) is 5.91 Å². The summed E-state index contributed by atoms with van der Waals surface area (Å²) < 4.78 is 5.40. The molecule has 0 aliphatic carbocycles. The van der Waals surface area contributed by atoms with Crippen LogP contribution in [0.5, 0.6) is 5.75 Å². The summed E-state index contributed by atoms with van der Waals surface area (Å²) in [6.45, 7) is 2.88. The van der Waals surface area contributed by atoms with E-state index >= 15 is 0 Å². The van der Waals surface area contributed by atoms with Crippen molar-refractivity contribution in [1.82, 2.24) is 10.2 Å². The molecule has 1 N–H and O–H groups in total. The highest BCUT2D eigenvalue weighted by molar-refractivity contribution is 5.88. The average molecular weight is 338 g/mol. The third kappa shape index (κ3) is 4.38. The zero-order valence-electron chi connectivity index (χ0n) is 14.3. The first kappa shape index (κ1) is 17.0. The largest absolute Gasteiger partial charge is 0.484 e. The molecule has 1 atom stereocenters. The molecule has 5 nitrogen and oxygen atoms in total. The van der Waals surface area contributed by atoms with Gasteiger partial charge >= 0.3 is 0 Å². The lowest BCUT2D eigenvalue weighted by Crippen LogP contribution is -2.49. The molecule has 2 aromatic rings. The highest BCUT2D eigenvalue weighted by Crippen LogP contribution is 2.19. The van der Waals surface area contributed by atoms with Crippen LogP contribution in [-0.2, 0) is 22.6 Å². The molecule has 1 heterocycles. The number of nitrogens with one attached hydrogen (secondary N) is 1. The quantitative estimate of drug-likeness (QED) is 0.909. The second-order valence-corrected chi connectivity index (χ2v) is 6.17. The maximum atomic E-state index is 12.6. The molecule has 1 aliphatic heterocycles. The van der Waals surface area contributed by atoms with Crippen molar-refractivity contribution in [3.05, 3.63) is 65.7 Å². The summed E-state index contributed by atoms with van der Waals surface area (Å²) in [5.74, 6) is 0.258. The third-order valence-corrected chi connectivity index (χ3v) is 4.30. The lowest BCUT2D eigenvalue weighted by Gasteiger charge is -2.31. The van der Waals surface area contributed by atoms with Gasteiger partial charge in [0, 0.05) is 13.1 Å². The summed E-state index contributed by atoms with van der Waals surface area (Å²) in [5, 5.41) is 2.72. The fourth-order valence-corrected chi connectivity index (χ4v) is 2.97. The Bertz CT molecular complexity index is 746. The van der Waals surface area contributed by atoms with E-state index in [1.165, 1.54) is 11.1 Å². The second kappa shape index (κ2) is 7.83. The van der Waals surface area contributed by atoms with E-state index in [9.17, 15) is 9.59 Å². The molecule has 0 radical (unpaired) electrons. The van der Waals surface area contributed by atoms with Gasteiger partial charge in [-0.1, -0.05) is 42.5 Å². The number of para-hydroxylation sites is 1. The lowest BCUT2D eigenvalue weighted by atomic mass is 9.99. The van der Waals surface area contributed by atoms with Gasteiger partial charge in [0.1, 0.15) is 11.8 Å². The van der Waals surface area contributed by atoms with Crippen LogP contribution in [0.1, 0.15) is 18.1 Å². The van der Waals surface area contributed by atoms with Crippen LogP contribution >= 0.6 is 0 Å². The van der Waals surface area contributed by atoms with E-state index in [-0.39, 0.29) is 18.4 Å². The molecule has 0 aromatic heterocycles. The molecule has 0 saturated carbocycles. The first-order chi connectivity index (χ1) is 12.1. The van der Waals surface area contributed by atoms with Crippen molar-refractivity contribution in [1.29, 1.82) is 0 Å². The number of hydrogen-bond donors (Lipinski definition) is 1. The number of fused-ring (bicyclic) bond motifs is 1. The molecule has 25 heavy (non-hydrogen) atoms. The average Bonchev–Trinajstić information content (AvgIpc) is 2.66. The Kier molecular flexibility index (Phi) is 5.33. The Morgan fingerprint density at radius 1 is 1.08 bits per heavy atom. The summed E-state index contributed by atoms with van der Waals surface area (Å²) >= 11 is 0. The van der Waals surface area contributed by atoms with Crippen molar-refractivity contribution in [2.45, 2.75) is 25.9 Å². The number of hydrogen-bond acceptors (Lipinski definition) is 3. The molecule has 0 fully saturated rings. The fourth-order valence-electron chi connectivity index (χ4n) is 2.97. The number of ether oxygens (including phenoxy) is 1. The standard InChI is InChI=1S/C20H22N2O3/c1-15(21-19(23)14-25-18-9-3-2-4-10-18)20(24)22-12-11-16-7-5-6-8-17(16)13-22/h2-10,15H,11-14H2,1H3,(H,21,23)/t15-/m0/s1. The zero-order valence-corrected chi connectivity index (χ0v) is 14.3. The lowest BCUT2D eigenvalue weighted by molar-refractivity contribution is -0.137. The molecule has 0 saturated heterocycles. The predicted octanol–water partition coefficient (Wildman–Crippen LogP) is 2.15. The molecule has 3 rings (SSSR count). The van der Waals surface area contributed by atoms with Gasteiger partial charge in [0.05, 0.1) is 0 Å². The van der Waals surface area contributed by atoms with Gasteiger partial charge in [-0.2, -0.15) is 0 Å². The summed E-state index contributed by atoms with van der Waals surface area (Å²) in [7, 11) is 0. The number of amides is 2. The van der Waals surface area contributed by atoms with Crippen molar-refractivity contribution in [3.63, 3.8) is 0 Å². The van der Waals surface area contributed by atoms with Crippen LogP contribution in [0.25, 0.3) is 0 Å². The molecule has 5 heteroatoms. The Balaban J connectivity index is 1.50. The number of rotatable bonds is 5. The van der Waals surface area contributed by atoms with Crippen LogP contribution in [0, 0.1) is 0 Å². The zero-order chi connectivity index (χ0) is 17.6. The van der Waals surface area contributed by atoms with Crippen molar-refractivity contribution in [2.24, 2.45) is 0 Å². The van der Waals surface area contributed by atoms with Gasteiger partial charge in [-0.05, 0) is 36.6 Å². The minimum Gasteiger partial charge on any atom is -0.484 e. The van der Waals surface area contributed by atoms with Gasteiger partial charge < -0.3 is 15.0 Å². The minimum atomic E-state index is -0.572. The van der Waals surface area contributed by atoms with Crippen molar-refractivity contribution < 1.29 is 14.3 Å². The Labute approximate surface area is 147 Å². The number of benzene rings is 2. The van der Waals surface area contributed by atoms with Gasteiger partial charge in [0.15, 0.2) is 6.61 Å². The SMILES string of the molecule is C[C@H](NC(=O)COc1ccccc1)C(=O)N1CCc2ccccc2C1. The molecule has 0 spiro atoms. The summed E-state index contributed by atoms with van der Waals surface area (Å²) in [6, 6.07) is 16.7. The van der Waals surface area contributed by atoms with Crippen LogP contribution < -0.4 is 10.1 Å². The first-order valence-corrected chi connectivity index (χ1v) is 8.46. The van der Waals surface area contributed by atoms with E-state index in [1.807, 2.05) is 36.4 Å². The predicted molar refractivity (Wildman–Crippen MR) is 95.1 cm³/mol. The van der Waals surface area contributed by atoms with Crippen LogP contribution in [-0.4, -0.2) is 35.9 Å². The number of carbonyl (C=O) groups is 2. The molecule has 0 bridgehead atoms. The first-order valence-electron chi connectivity index (χ1n) is 8.46. The van der Waals surface area contributed by atoms with Crippen molar-refractivity contribution in [3.8, 4) is 5.75 Å². The molecular formula is C20H22N2O3. The summed E-state index contributed by atoms with van der Waals surface area (Å²) in [4.78, 5) is 26.4. The Morgan fingerprint density at radius 3 is 2.52 bits per heavy atom. The summed E-state index contributed by atoms with van der Waals surface area (Å²) in [6.07, 6.45) is 0.847. The van der Waals surface area contributed by atoms with Gasteiger partial charge in [-0.3, -0.25) is 9.59 Å². The van der Waals surface area contributed by atoms with Crippen molar-refractivity contribution >= 4 is 11.8 Å². The normalized spacial score (nSPS) is 14.4. The molecule has 2 aromatic carbocycles. The smallest absolute Gasteiger partial charge is 0.258 e. The van der Waals surface area contributed by atoms with Crippen LogP contribution in [0.2, 0.25) is 0 Å². The van der Waals surface area contributed by atoms with E-state index in [0.29, 0.717) is 18.8 Å².